The zero-order chi connectivity index (χ0) is 10.3. The molecule has 2 aromatic rings. The maximum atomic E-state index is 13.0. The van der Waals surface area contributed by atoms with E-state index in [9.17, 15) is 4.39 Å². The summed E-state index contributed by atoms with van der Waals surface area (Å²) in [7, 11) is 0. The molecule has 0 saturated heterocycles. The molecule has 1 aromatic heterocycles. The molecule has 1 heterocycles. The van der Waals surface area contributed by atoms with Gasteiger partial charge >= 0.3 is 0 Å². The second-order valence-corrected chi connectivity index (χ2v) is 4.34. The van der Waals surface area contributed by atoms with E-state index in [1.54, 1.807) is 0 Å². The predicted molar refractivity (Wildman–Crippen MR) is 59.4 cm³/mol. The molecule has 0 N–H and O–H groups in total. The second kappa shape index (κ2) is 3.65. The SMILES string of the molecule is Fc1cc(Cl)c2ncc(Br)c(Cl)c2c1. The van der Waals surface area contributed by atoms with Gasteiger partial charge in [-0.1, -0.05) is 23.2 Å². The van der Waals surface area contributed by atoms with Gasteiger partial charge < -0.3 is 0 Å². The van der Waals surface area contributed by atoms with Crippen LogP contribution in [0.2, 0.25) is 10.0 Å². The summed E-state index contributed by atoms with van der Waals surface area (Å²) in [5, 5.41) is 1.18. The van der Waals surface area contributed by atoms with Crippen molar-refractivity contribution in [2.24, 2.45) is 0 Å². The Balaban J connectivity index is 2.95. The predicted octanol–water partition coefficient (Wildman–Crippen LogP) is 4.44. The number of nitrogens with zero attached hydrogens (tertiary/aromatic N) is 1. The van der Waals surface area contributed by atoms with Crippen molar-refractivity contribution < 1.29 is 4.39 Å². The minimum absolute atomic E-state index is 0.259. The van der Waals surface area contributed by atoms with E-state index < -0.39 is 5.82 Å². The molecule has 0 radical (unpaired) electrons. The van der Waals surface area contributed by atoms with Crippen molar-refractivity contribution in [3.8, 4) is 0 Å². The molecule has 0 amide bonds. The van der Waals surface area contributed by atoms with E-state index >= 15 is 0 Å². The smallest absolute Gasteiger partial charge is 0.125 e. The lowest BCUT2D eigenvalue weighted by molar-refractivity contribution is 0.629. The molecule has 0 aliphatic heterocycles. The van der Waals surface area contributed by atoms with Crippen LogP contribution in [-0.4, -0.2) is 4.98 Å². The fourth-order valence-electron chi connectivity index (χ4n) is 1.17. The number of halogens is 4. The molecule has 0 aliphatic rings. The summed E-state index contributed by atoms with van der Waals surface area (Å²) >= 11 is 15.0. The topological polar surface area (TPSA) is 12.9 Å². The van der Waals surface area contributed by atoms with Crippen LogP contribution in [0.4, 0.5) is 4.39 Å². The number of pyridine rings is 1. The first-order valence-electron chi connectivity index (χ1n) is 3.68. The number of fused-ring (bicyclic) bond motifs is 1. The lowest BCUT2D eigenvalue weighted by Gasteiger charge is -2.03. The second-order valence-electron chi connectivity index (χ2n) is 2.70. The van der Waals surface area contributed by atoms with Crippen molar-refractivity contribution >= 4 is 50.0 Å². The molecule has 0 saturated carbocycles. The van der Waals surface area contributed by atoms with Crippen LogP contribution >= 0.6 is 39.1 Å². The van der Waals surface area contributed by atoms with Crippen molar-refractivity contribution in [2.75, 3.05) is 0 Å². The zero-order valence-corrected chi connectivity index (χ0v) is 9.79. The summed E-state index contributed by atoms with van der Waals surface area (Å²) < 4.78 is 13.6. The van der Waals surface area contributed by atoms with Crippen LogP contribution in [0.25, 0.3) is 10.9 Å². The molecule has 0 bridgehead atoms. The molecule has 2 rings (SSSR count). The Bertz CT molecular complexity index is 516. The first-order chi connectivity index (χ1) is 6.59. The van der Waals surface area contributed by atoms with Crippen molar-refractivity contribution in [1.29, 1.82) is 0 Å². The molecule has 0 spiro atoms. The molecule has 0 aliphatic carbocycles. The molecule has 0 unspecified atom stereocenters. The van der Waals surface area contributed by atoms with Gasteiger partial charge in [0.1, 0.15) is 5.82 Å². The number of benzene rings is 1. The van der Waals surface area contributed by atoms with Gasteiger partial charge in [0.05, 0.1) is 20.0 Å². The van der Waals surface area contributed by atoms with Crippen LogP contribution in [0.15, 0.2) is 22.8 Å². The molecule has 14 heavy (non-hydrogen) atoms. The van der Waals surface area contributed by atoms with E-state index in [1.165, 1.54) is 18.3 Å². The van der Waals surface area contributed by atoms with Crippen LogP contribution in [0.1, 0.15) is 0 Å². The fourth-order valence-corrected chi connectivity index (χ4v) is 1.93. The van der Waals surface area contributed by atoms with Crippen molar-refractivity contribution in [1.82, 2.24) is 4.98 Å². The Kier molecular flexibility index (Phi) is 2.64. The van der Waals surface area contributed by atoms with Gasteiger partial charge in [0, 0.05) is 11.6 Å². The first kappa shape index (κ1) is 10.1. The number of hydrogen-bond donors (Lipinski definition) is 0. The number of rotatable bonds is 0. The molecule has 0 fully saturated rings. The summed E-state index contributed by atoms with van der Waals surface area (Å²) in [5.41, 5.74) is 0.501. The van der Waals surface area contributed by atoms with Gasteiger partial charge in [0.15, 0.2) is 0 Å². The highest BCUT2D eigenvalue weighted by molar-refractivity contribution is 9.10. The average Bonchev–Trinajstić information content (AvgIpc) is 2.12. The number of aromatic nitrogens is 1. The Labute approximate surface area is 98.0 Å². The summed E-state index contributed by atoms with van der Waals surface area (Å²) in [6.45, 7) is 0. The van der Waals surface area contributed by atoms with Gasteiger partial charge in [-0.15, -0.1) is 0 Å². The third-order valence-electron chi connectivity index (χ3n) is 1.78. The van der Waals surface area contributed by atoms with Gasteiger partial charge in [0.25, 0.3) is 0 Å². The fraction of sp³-hybridized carbons (Fsp3) is 0. The van der Waals surface area contributed by atoms with Gasteiger partial charge in [0.2, 0.25) is 0 Å². The van der Waals surface area contributed by atoms with Gasteiger partial charge in [-0.25, -0.2) is 4.39 Å². The third kappa shape index (κ3) is 1.60. The van der Waals surface area contributed by atoms with Crippen LogP contribution in [-0.2, 0) is 0 Å². The average molecular weight is 295 g/mol. The maximum Gasteiger partial charge on any atom is 0.125 e. The molecular weight excluding hydrogens is 292 g/mol. The van der Waals surface area contributed by atoms with Gasteiger partial charge in [-0.05, 0) is 28.1 Å². The zero-order valence-electron chi connectivity index (χ0n) is 6.69. The molecule has 1 nitrogen and oxygen atoms in total. The lowest BCUT2D eigenvalue weighted by atomic mass is 10.2. The van der Waals surface area contributed by atoms with Crippen LogP contribution in [0.5, 0.6) is 0 Å². The molecule has 1 aromatic carbocycles. The highest BCUT2D eigenvalue weighted by Crippen LogP contribution is 2.33. The Morgan fingerprint density at radius 2 is 2.00 bits per heavy atom. The van der Waals surface area contributed by atoms with E-state index in [-0.39, 0.29) is 5.02 Å². The minimum Gasteiger partial charge on any atom is -0.253 e. The van der Waals surface area contributed by atoms with Gasteiger partial charge in [-0.2, -0.15) is 0 Å². The van der Waals surface area contributed by atoms with Crippen LogP contribution in [0, 0.1) is 5.82 Å². The first-order valence-corrected chi connectivity index (χ1v) is 5.23. The quantitative estimate of drug-likeness (QED) is 0.700. The minimum atomic E-state index is -0.427. The highest BCUT2D eigenvalue weighted by atomic mass is 79.9. The van der Waals surface area contributed by atoms with E-state index in [0.29, 0.717) is 20.4 Å². The summed E-state index contributed by atoms with van der Waals surface area (Å²) in [4.78, 5) is 4.05. The monoisotopic (exact) mass is 293 g/mol. The third-order valence-corrected chi connectivity index (χ3v) is 3.31. The Morgan fingerprint density at radius 1 is 1.29 bits per heavy atom. The standard InChI is InChI=1S/C9H3BrCl2FN/c10-6-3-14-9-5(8(6)12)1-4(13)2-7(9)11/h1-3H. The largest absolute Gasteiger partial charge is 0.253 e. The number of hydrogen-bond acceptors (Lipinski definition) is 1. The Morgan fingerprint density at radius 3 is 2.71 bits per heavy atom. The van der Waals surface area contributed by atoms with E-state index in [2.05, 4.69) is 20.9 Å². The van der Waals surface area contributed by atoms with Crippen LogP contribution in [0.3, 0.4) is 0 Å². The van der Waals surface area contributed by atoms with Crippen molar-refractivity contribution in [3.63, 3.8) is 0 Å². The van der Waals surface area contributed by atoms with E-state index in [1.807, 2.05) is 0 Å². The summed E-state index contributed by atoms with van der Waals surface area (Å²) in [6, 6.07) is 2.52. The molecular formula is C9H3BrCl2FN. The molecule has 5 heteroatoms. The van der Waals surface area contributed by atoms with Crippen molar-refractivity contribution in [3.05, 3.63) is 38.7 Å². The highest BCUT2D eigenvalue weighted by Gasteiger charge is 2.09. The van der Waals surface area contributed by atoms with Crippen LogP contribution < -0.4 is 0 Å². The van der Waals surface area contributed by atoms with Crippen molar-refractivity contribution in [2.45, 2.75) is 0 Å². The van der Waals surface area contributed by atoms with E-state index in [4.69, 9.17) is 23.2 Å². The maximum absolute atomic E-state index is 13.0. The lowest BCUT2D eigenvalue weighted by Crippen LogP contribution is -1.85. The summed E-state index contributed by atoms with van der Waals surface area (Å²) in [5.74, 6) is -0.427. The van der Waals surface area contributed by atoms with E-state index in [0.717, 1.165) is 0 Å². The summed E-state index contributed by atoms with van der Waals surface area (Å²) in [6.07, 6.45) is 1.54. The molecule has 72 valence electrons. The molecule has 0 atom stereocenters. The van der Waals surface area contributed by atoms with Gasteiger partial charge in [-0.3, -0.25) is 4.98 Å². The Hall–Kier alpha value is -0.380. The normalized spacial score (nSPS) is 10.9.